The Morgan fingerprint density at radius 1 is 0.750 bits per heavy atom. The molecule has 1 N–H and O–H groups in total. The summed E-state index contributed by atoms with van der Waals surface area (Å²) in [5.74, 6) is -3.02. The number of fused-ring (bicyclic) bond motifs is 1. The van der Waals surface area contributed by atoms with Crippen LogP contribution < -0.4 is 0 Å². The second kappa shape index (κ2) is 19.7. The molecule has 1 unspecified atom stereocenters. The fourth-order valence-corrected chi connectivity index (χ4v) is 12.6. The van der Waals surface area contributed by atoms with Gasteiger partial charge in [0.25, 0.3) is 0 Å². The van der Waals surface area contributed by atoms with Crippen LogP contribution in [-0.4, -0.2) is 52.0 Å². The standard InChI is InChI=1S/C34H58F4N3O2P/c1-4-7-10-13-16-19-25-44(31(35)28-34(36,37)38,26-20-17-14-11-8-5-2,27-21-18-15-12-9-6-3)43-33(42)29-23-22-24-30-32(29)40-41-39-30/h22-24,31H,4-21,25-28H2,1-3H3,(H,39,40,41). The number of hydrogen-bond donors (Lipinski definition) is 1. The third-order valence-corrected chi connectivity index (χ3v) is 15.6. The number of alkyl halides is 4. The molecule has 0 radical (unpaired) electrons. The first kappa shape index (κ1) is 38.4. The van der Waals surface area contributed by atoms with Gasteiger partial charge in [0, 0.05) is 0 Å². The van der Waals surface area contributed by atoms with Crippen LogP contribution in [0.5, 0.6) is 0 Å². The summed E-state index contributed by atoms with van der Waals surface area (Å²) in [5, 5.41) is 10.7. The van der Waals surface area contributed by atoms with E-state index in [2.05, 4.69) is 36.2 Å². The number of aromatic nitrogens is 3. The van der Waals surface area contributed by atoms with Gasteiger partial charge in [-0.1, -0.05) is 0 Å². The first-order valence-electron chi connectivity index (χ1n) is 17.4. The topological polar surface area (TPSA) is 67.9 Å². The molecule has 1 atom stereocenters. The molecule has 254 valence electrons. The minimum absolute atomic E-state index is 0.123. The van der Waals surface area contributed by atoms with Gasteiger partial charge in [-0.3, -0.25) is 0 Å². The SMILES string of the molecule is CCCCCCCCP(CCCCCCCC)(CCCCCCCC)(OC(=O)c1cccc2n[nH]nc12)C(F)CC(F)(F)F. The summed E-state index contributed by atoms with van der Waals surface area (Å²) < 4.78 is 65.5. The van der Waals surface area contributed by atoms with Crippen LogP contribution in [0, 0.1) is 0 Å². The van der Waals surface area contributed by atoms with E-state index in [9.17, 15) is 18.0 Å². The van der Waals surface area contributed by atoms with E-state index in [0.29, 0.717) is 30.3 Å². The minimum atomic E-state index is -4.70. The number of hydrogen-bond acceptors (Lipinski definition) is 4. The second-order valence-electron chi connectivity index (χ2n) is 12.8. The van der Waals surface area contributed by atoms with Crippen LogP contribution in [0.1, 0.15) is 153 Å². The number of unbranched alkanes of at least 4 members (excludes halogenated alkanes) is 15. The Morgan fingerprint density at radius 2 is 1.20 bits per heavy atom. The van der Waals surface area contributed by atoms with E-state index in [-0.39, 0.29) is 24.0 Å². The van der Waals surface area contributed by atoms with Gasteiger partial charge in [0.2, 0.25) is 0 Å². The fourth-order valence-electron chi connectivity index (χ4n) is 6.49. The predicted molar refractivity (Wildman–Crippen MR) is 177 cm³/mol. The van der Waals surface area contributed by atoms with Crippen molar-refractivity contribution < 1.29 is 26.9 Å². The Kier molecular flexibility index (Phi) is 17.2. The van der Waals surface area contributed by atoms with Gasteiger partial charge in [0.1, 0.15) is 0 Å². The molecule has 0 fully saturated rings. The number of carbonyl (C=O) groups excluding carboxylic acids is 1. The molecule has 0 aliphatic rings. The first-order valence-corrected chi connectivity index (χ1v) is 20.1. The van der Waals surface area contributed by atoms with Crippen molar-refractivity contribution in [2.24, 2.45) is 0 Å². The zero-order chi connectivity index (χ0) is 32.3. The van der Waals surface area contributed by atoms with E-state index >= 15 is 4.39 Å². The molecule has 2 rings (SSSR count). The summed E-state index contributed by atoms with van der Waals surface area (Å²) in [4.78, 5) is 14.1. The van der Waals surface area contributed by atoms with Gasteiger partial charge in [0.15, 0.2) is 0 Å². The summed E-state index contributed by atoms with van der Waals surface area (Å²) in [5.41, 5.74) is 0.868. The van der Waals surface area contributed by atoms with Crippen LogP contribution in [0.25, 0.3) is 11.0 Å². The summed E-state index contributed by atoms with van der Waals surface area (Å²) in [6.45, 7) is 2.00. The third-order valence-electron chi connectivity index (χ3n) is 9.15. The van der Waals surface area contributed by atoms with E-state index in [1.807, 2.05) is 0 Å². The van der Waals surface area contributed by atoms with Crippen LogP contribution in [-0.2, 0) is 4.52 Å². The van der Waals surface area contributed by atoms with E-state index in [1.165, 1.54) is 0 Å². The first-order chi connectivity index (χ1) is 21.1. The van der Waals surface area contributed by atoms with Crippen LogP contribution >= 0.6 is 6.83 Å². The van der Waals surface area contributed by atoms with Gasteiger partial charge >= 0.3 is 263 Å². The van der Waals surface area contributed by atoms with Crippen molar-refractivity contribution in [3.63, 3.8) is 0 Å². The molecule has 2 aromatic rings. The molecule has 5 nitrogen and oxygen atoms in total. The normalized spacial score (nSPS) is 14.0. The molecule has 10 heteroatoms. The van der Waals surface area contributed by atoms with Crippen molar-refractivity contribution in [3.05, 3.63) is 23.8 Å². The summed E-state index contributed by atoms with van der Waals surface area (Å²) in [6, 6.07) is 4.89. The molecule has 0 aliphatic carbocycles. The van der Waals surface area contributed by atoms with E-state index in [1.54, 1.807) is 18.2 Å². The summed E-state index contributed by atoms with van der Waals surface area (Å²) >= 11 is 0. The third kappa shape index (κ3) is 12.2. The fraction of sp³-hybridized carbons (Fsp3) is 0.794. The monoisotopic (exact) mass is 647 g/mol. The number of aromatic amines is 1. The number of nitrogens with zero attached hydrogens (tertiary/aromatic N) is 2. The van der Waals surface area contributed by atoms with E-state index in [0.717, 1.165) is 96.3 Å². The number of carbonyl (C=O) groups is 1. The quantitative estimate of drug-likeness (QED) is 0.0661. The molecule has 1 aromatic carbocycles. The Labute approximate surface area is 263 Å². The van der Waals surface area contributed by atoms with Crippen molar-refractivity contribution in [2.75, 3.05) is 18.5 Å². The number of nitrogens with one attached hydrogen (secondary N) is 1. The molecule has 1 aromatic heterocycles. The molecular formula is C34H58F4N3O2P. The van der Waals surface area contributed by atoms with Gasteiger partial charge in [-0.25, -0.2) is 0 Å². The molecule has 0 aliphatic heterocycles. The molecule has 0 saturated heterocycles. The van der Waals surface area contributed by atoms with Crippen molar-refractivity contribution in [1.82, 2.24) is 15.4 Å². The zero-order valence-corrected chi connectivity index (χ0v) is 28.4. The van der Waals surface area contributed by atoms with Crippen molar-refractivity contribution in [1.29, 1.82) is 0 Å². The molecule has 0 amide bonds. The molecule has 0 spiro atoms. The average molecular weight is 648 g/mol. The Balaban J connectivity index is 2.54. The van der Waals surface area contributed by atoms with Crippen LogP contribution in [0.4, 0.5) is 17.6 Å². The number of H-pyrrole nitrogens is 1. The number of para-hydroxylation sites is 1. The van der Waals surface area contributed by atoms with Crippen molar-refractivity contribution in [3.8, 4) is 0 Å². The van der Waals surface area contributed by atoms with Gasteiger partial charge in [0.05, 0.1) is 0 Å². The molecule has 0 saturated carbocycles. The number of rotatable bonds is 25. The molecule has 0 bridgehead atoms. The predicted octanol–water partition coefficient (Wildman–Crippen LogP) is 11.9. The van der Waals surface area contributed by atoms with Crippen molar-refractivity contribution in [2.45, 2.75) is 155 Å². The van der Waals surface area contributed by atoms with Crippen LogP contribution in [0.3, 0.4) is 0 Å². The maximum absolute atomic E-state index is 16.9. The average Bonchev–Trinajstić information content (AvgIpc) is 3.47. The molecule has 1 heterocycles. The second-order valence-corrected chi connectivity index (χ2v) is 18.3. The van der Waals surface area contributed by atoms with Gasteiger partial charge < -0.3 is 0 Å². The molecule has 44 heavy (non-hydrogen) atoms. The Bertz CT molecular complexity index is 1030. The number of benzene rings is 1. The van der Waals surface area contributed by atoms with Crippen LogP contribution in [0.15, 0.2) is 18.2 Å². The van der Waals surface area contributed by atoms with Gasteiger partial charge in [-0.15, -0.1) is 0 Å². The number of halogens is 4. The summed E-state index contributed by atoms with van der Waals surface area (Å²) in [6.07, 6.45) is 10.9. The van der Waals surface area contributed by atoms with Gasteiger partial charge in [-0.2, -0.15) is 0 Å². The maximum atomic E-state index is 16.9. The van der Waals surface area contributed by atoms with Gasteiger partial charge in [-0.05, 0) is 0 Å². The Morgan fingerprint density at radius 3 is 1.66 bits per heavy atom. The molecular weight excluding hydrogens is 589 g/mol. The van der Waals surface area contributed by atoms with Crippen LogP contribution in [0.2, 0.25) is 0 Å². The summed E-state index contributed by atoms with van der Waals surface area (Å²) in [7, 11) is 0. The zero-order valence-electron chi connectivity index (χ0n) is 27.5. The van der Waals surface area contributed by atoms with E-state index in [4.69, 9.17) is 4.52 Å². The Hall–Kier alpha value is -1.76. The van der Waals surface area contributed by atoms with Crippen molar-refractivity contribution >= 4 is 23.8 Å². The van der Waals surface area contributed by atoms with E-state index < -0.39 is 31.3 Å².